The Morgan fingerprint density at radius 3 is 2.52 bits per heavy atom. The van der Waals surface area contributed by atoms with Crippen LogP contribution in [0, 0.1) is 13.8 Å². The van der Waals surface area contributed by atoms with Gasteiger partial charge in [0, 0.05) is 0 Å². The van der Waals surface area contributed by atoms with Crippen LogP contribution >= 0.6 is 0 Å². The van der Waals surface area contributed by atoms with Gasteiger partial charge in [0.2, 0.25) is 0 Å². The van der Waals surface area contributed by atoms with Crippen LogP contribution in [-0.4, -0.2) is 28.9 Å². The third-order valence-electron chi connectivity index (χ3n) is 4.71. The lowest BCUT2D eigenvalue weighted by molar-refractivity contribution is -0.123. The largest absolute Gasteiger partial charge is 0.271 e. The average Bonchev–Trinajstić information content (AvgIpc) is 3.12. The van der Waals surface area contributed by atoms with Crippen molar-refractivity contribution >= 4 is 17.5 Å². The van der Waals surface area contributed by atoms with E-state index in [1.54, 1.807) is 29.3 Å². The predicted molar refractivity (Wildman–Crippen MR) is 92.8 cm³/mol. The van der Waals surface area contributed by atoms with Crippen LogP contribution in [0.1, 0.15) is 16.7 Å². The maximum absolute atomic E-state index is 12.9. The Morgan fingerprint density at radius 2 is 1.76 bits per heavy atom. The van der Waals surface area contributed by atoms with E-state index in [1.807, 2.05) is 26.0 Å². The summed E-state index contributed by atoms with van der Waals surface area (Å²) >= 11 is 0. The van der Waals surface area contributed by atoms with Crippen molar-refractivity contribution < 1.29 is 9.59 Å². The van der Waals surface area contributed by atoms with Gasteiger partial charge in [-0.15, -0.1) is 0 Å². The van der Waals surface area contributed by atoms with E-state index in [2.05, 4.69) is 22.5 Å². The fourth-order valence-corrected chi connectivity index (χ4v) is 3.33. The zero-order valence-corrected chi connectivity index (χ0v) is 14.1. The molecule has 6 heteroatoms. The van der Waals surface area contributed by atoms with Crippen LogP contribution in [0.2, 0.25) is 0 Å². The minimum Gasteiger partial charge on any atom is -0.271 e. The molecular formula is C19H18N4O2. The normalized spacial score (nSPS) is 22.0. The summed E-state index contributed by atoms with van der Waals surface area (Å²) in [6.07, 6.45) is 0. The maximum atomic E-state index is 12.9. The molecule has 126 valence electrons. The van der Waals surface area contributed by atoms with Gasteiger partial charge in [-0.25, -0.2) is 4.90 Å². The number of fused-ring (bicyclic) bond motifs is 1. The second-order valence-corrected chi connectivity index (χ2v) is 6.47. The Bertz CT molecular complexity index is 878. The van der Waals surface area contributed by atoms with Gasteiger partial charge in [-0.3, -0.25) is 14.6 Å². The van der Waals surface area contributed by atoms with Crippen LogP contribution in [0.5, 0.6) is 0 Å². The molecule has 2 heterocycles. The maximum Gasteiger partial charge on any atom is 0.263 e. The SMILES string of the molecule is Cc1ccc(C)c(CN2N=NC3C(=O)N(c4ccccc4)C(=O)C32)c1. The highest BCUT2D eigenvalue weighted by Gasteiger charge is 2.54. The Morgan fingerprint density at radius 1 is 1.00 bits per heavy atom. The molecule has 2 aromatic carbocycles. The third kappa shape index (κ3) is 2.50. The van der Waals surface area contributed by atoms with E-state index in [4.69, 9.17) is 0 Å². The molecule has 0 aliphatic carbocycles. The van der Waals surface area contributed by atoms with Gasteiger partial charge in [0.15, 0.2) is 12.1 Å². The number of rotatable bonds is 3. The highest BCUT2D eigenvalue weighted by atomic mass is 16.2. The zero-order valence-electron chi connectivity index (χ0n) is 14.1. The van der Waals surface area contributed by atoms with Crippen LogP contribution < -0.4 is 4.90 Å². The molecule has 0 bridgehead atoms. The number of carbonyl (C=O) groups excluding carboxylic acids is 2. The summed E-state index contributed by atoms with van der Waals surface area (Å²) in [5.41, 5.74) is 3.93. The molecule has 0 spiro atoms. The summed E-state index contributed by atoms with van der Waals surface area (Å²) < 4.78 is 0. The van der Waals surface area contributed by atoms with Gasteiger partial charge in [0.25, 0.3) is 11.8 Å². The van der Waals surface area contributed by atoms with Gasteiger partial charge >= 0.3 is 0 Å². The van der Waals surface area contributed by atoms with Crippen molar-refractivity contribution in [2.75, 3.05) is 4.90 Å². The van der Waals surface area contributed by atoms with Crippen molar-refractivity contribution in [3.63, 3.8) is 0 Å². The predicted octanol–water partition coefficient (Wildman–Crippen LogP) is 2.80. The number of aryl methyl sites for hydroxylation is 2. The lowest BCUT2D eigenvalue weighted by Crippen LogP contribution is -2.39. The van der Waals surface area contributed by atoms with Crippen LogP contribution in [0.3, 0.4) is 0 Å². The summed E-state index contributed by atoms with van der Waals surface area (Å²) in [6.45, 7) is 4.51. The number of nitrogens with zero attached hydrogens (tertiary/aromatic N) is 4. The summed E-state index contributed by atoms with van der Waals surface area (Å²) in [5.74, 6) is -0.579. The fourth-order valence-electron chi connectivity index (χ4n) is 3.33. The Hall–Kier alpha value is -3.02. The first-order valence-corrected chi connectivity index (χ1v) is 8.22. The van der Waals surface area contributed by atoms with Crippen LogP contribution in [0.15, 0.2) is 58.9 Å². The fraction of sp³-hybridized carbons (Fsp3) is 0.263. The van der Waals surface area contributed by atoms with Gasteiger partial charge < -0.3 is 0 Å². The van der Waals surface area contributed by atoms with E-state index in [9.17, 15) is 9.59 Å². The molecule has 2 amide bonds. The molecule has 0 radical (unpaired) electrons. The molecule has 2 aromatic rings. The van der Waals surface area contributed by atoms with E-state index >= 15 is 0 Å². The Balaban J connectivity index is 1.62. The van der Waals surface area contributed by atoms with E-state index in [0.29, 0.717) is 12.2 Å². The quantitative estimate of drug-likeness (QED) is 0.811. The second kappa shape index (κ2) is 5.81. The highest BCUT2D eigenvalue weighted by Crippen LogP contribution is 2.32. The highest BCUT2D eigenvalue weighted by molar-refractivity contribution is 6.25. The number of benzene rings is 2. The number of carbonyl (C=O) groups is 2. The molecule has 0 saturated carbocycles. The van der Waals surface area contributed by atoms with Gasteiger partial charge in [-0.2, -0.15) is 5.11 Å². The minimum absolute atomic E-state index is 0.267. The van der Waals surface area contributed by atoms with Crippen LogP contribution in [-0.2, 0) is 16.1 Å². The summed E-state index contributed by atoms with van der Waals surface area (Å²) in [4.78, 5) is 26.8. The third-order valence-corrected chi connectivity index (χ3v) is 4.71. The Labute approximate surface area is 145 Å². The van der Waals surface area contributed by atoms with Gasteiger partial charge in [0.1, 0.15) is 0 Å². The molecule has 2 atom stereocenters. The standard InChI is InChI=1S/C19H18N4O2/c1-12-8-9-13(2)14(10-12)11-22-17-16(20-21-22)18(24)23(19(17)25)15-6-4-3-5-7-15/h3-10,16-17H,11H2,1-2H3. The first-order chi connectivity index (χ1) is 12.1. The molecular weight excluding hydrogens is 316 g/mol. The number of hydrogen-bond donors (Lipinski definition) is 0. The van der Waals surface area contributed by atoms with Crippen molar-refractivity contribution in [2.45, 2.75) is 32.5 Å². The second-order valence-electron chi connectivity index (χ2n) is 6.47. The van der Waals surface area contributed by atoms with Gasteiger partial charge in [-0.1, -0.05) is 47.2 Å². The van der Waals surface area contributed by atoms with Crippen molar-refractivity contribution in [1.29, 1.82) is 0 Å². The molecule has 0 N–H and O–H groups in total. The molecule has 1 fully saturated rings. The van der Waals surface area contributed by atoms with Crippen LogP contribution in [0.25, 0.3) is 0 Å². The molecule has 25 heavy (non-hydrogen) atoms. The van der Waals surface area contributed by atoms with Crippen molar-refractivity contribution in [2.24, 2.45) is 10.3 Å². The molecule has 0 aromatic heterocycles. The summed E-state index contributed by atoms with van der Waals surface area (Å²) in [5, 5.41) is 9.81. The van der Waals surface area contributed by atoms with Crippen LogP contribution in [0.4, 0.5) is 5.69 Å². The molecule has 2 unspecified atom stereocenters. The summed E-state index contributed by atoms with van der Waals surface area (Å²) in [7, 11) is 0. The first kappa shape index (κ1) is 15.5. The topological polar surface area (TPSA) is 65.3 Å². The number of hydrogen-bond acceptors (Lipinski definition) is 5. The molecule has 6 nitrogen and oxygen atoms in total. The lowest BCUT2D eigenvalue weighted by Gasteiger charge is -2.21. The Kier molecular flexibility index (Phi) is 3.60. The molecule has 2 aliphatic heterocycles. The van der Waals surface area contributed by atoms with Crippen molar-refractivity contribution in [3.05, 3.63) is 65.2 Å². The van der Waals surface area contributed by atoms with E-state index in [1.165, 1.54) is 4.90 Å². The molecule has 1 saturated heterocycles. The first-order valence-electron chi connectivity index (χ1n) is 8.22. The van der Waals surface area contributed by atoms with Crippen molar-refractivity contribution in [3.8, 4) is 0 Å². The number of anilines is 1. The van der Waals surface area contributed by atoms with E-state index in [-0.39, 0.29) is 11.8 Å². The number of imide groups is 1. The van der Waals surface area contributed by atoms with Crippen molar-refractivity contribution in [1.82, 2.24) is 5.01 Å². The van der Waals surface area contributed by atoms with Gasteiger partial charge in [0.05, 0.1) is 12.2 Å². The number of amides is 2. The van der Waals surface area contributed by atoms with E-state index in [0.717, 1.165) is 16.7 Å². The average molecular weight is 334 g/mol. The minimum atomic E-state index is -0.752. The van der Waals surface area contributed by atoms with E-state index < -0.39 is 12.1 Å². The van der Waals surface area contributed by atoms with Gasteiger partial charge in [-0.05, 0) is 37.1 Å². The molecule has 4 rings (SSSR count). The smallest absolute Gasteiger partial charge is 0.263 e. The monoisotopic (exact) mass is 334 g/mol. The lowest BCUT2D eigenvalue weighted by atomic mass is 10.0. The zero-order chi connectivity index (χ0) is 17.6. The molecule has 2 aliphatic rings. The summed E-state index contributed by atoms with van der Waals surface area (Å²) in [6, 6.07) is 13.7. The number of para-hydroxylation sites is 1.